The van der Waals surface area contributed by atoms with Crippen LogP contribution >= 0.6 is 0 Å². The summed E-state index contributed by atoms with van der Waals surface area (Å²) in [6.45, 7) is 7.45. The van der Waals surface area contributed by atoms with Gasteiger partial charge in [0.15, 0.2) is 5.69 Å². The summed E-state index contributed by atoms with van der Waals surface area (Å²) in [6.07, 6.45) is 0.228. The maximum absolute atomic E-state index is 14.0. The zero-order valence-electron chi connectivity index (χ0n) is 25.6. The lowest BCUT2D eigenvalue weighted by atomic mass is 9.70. The van der Waals surface area contributed by atoms with Gasteiger partial charge in [0.1, 0.15) is 6.04 Å². The van der Waals surface area contributed by atoms with Crippen molar-refractivity contribution < 1.29 is 23.9 Å². The number of amides is 4. The monoisotopic (exact) mass is 600 g/mol. The van der Waals surface area contributed by atoms with E-state index in [4.69, 9.17) is 4.74 Å². The molecule has 6 rings (SSSR count). The van der Waals surface area contributed by atoms with Crippen molar-refractivity contribution in [3.8, 4) is 0 Å². The van der Waals surface area contributed by atoms with Gasteiger partial charge in [-0.3, -0.25) is 24.3 Å². The van der Waals surface area contributed by atoms with Crippen molar-refractivity contribution in [2.75, 3.05) is 33.2 Å². The van der Waals surface area contributed by atoms with E-state index in [2.05, 4.69) is 34.7 Å². The number of likely N-dealkylation sites (N-methyl/N-ethyl adjacent to an activating group) is 1. The number of H-pyrrole nitrogens is 1. The number of nitrogens with one attached hydrogen (secondary N) is 3. The second-order valence-electron chi connectivity index (χ2n) is 13.3. The van der Waals surface area contributed by atoms with Crippen LogP contribution < -0.4 is 10.6 Å². The van der Waals surface area contributed by atoms with Gasteiger partial charge in [-0.15, -0.1) is 0 Å². The van der Waals surface area contributed by atoms with Gasteiger partial charge in [-0.1, -0.05) is 62.4 Å². The summed E-state index contributed by atoms with van der Waals surface area (Å²) >= 11 is 0. The van der Waals surface area contributed by atoms with Crippen LogP contribution in [-0.2, 0) is 25.7 Å². The molecule has 1 aliphatic carbocycles. The van der Waals surface area contributed by atoms with Gasteiger partial charge in [-0.25, -0.2) is 0 Å². The number of hydrogen-bond acceptors (Lipinski definition) is 6. The average Bonchev–Trinajstić information content (AvgIpc) is 3.33. The van der Waals surface area contributed by atoms with Crippen molar-refractivity contribution >= 4 is 34.5 Å². The third-order valence-electron chi connectivity index (χ3n) is 9.71. The van der Waals surface area contributed by atoms with E-state index in [-0.39, 0.29) is 48.1 Å². The first-order valence-corrected chi connectivity index (χ1v) is 15.2. The van der Waals surface area contributed by atoms with Crippen molar-refractivity contribution in [3.05, 3.63) is 65.9 Å². The molecule has 0 radical (unpaired) electrons. The molecule has 3 N–H and O–H groups in total. The molecule has 4 amide bonds. The molecule has 2 aliphatic heterocycles. The first kappa shape index (κ1) is 29.8. The fourth-order valence-corrected chi connectivity index (χ4v) is 6.76. The molecule has 11 heteroatoms. The molecule has 1 spiro atoms. The van der Waals surface area contributed by atoms with Crippen LogP contribution in [0.15, 0.2) is 54.6 Å². The number of ether oxygens (including phenoxy) is 1. The molecule has 232 valence electrons. The second-order valence-corrected chi connectivity index (χ2v) is 13.3. The van der Waals surface area contributed by atoms with Gasteiger partial charge in [0.2, 0.25) is 17.7 Å². The SMILES string of the molecule is CNC(=O)[C@@H](NC(=O)[C@H]1CN(C(=O)c2n[nH]c3ccccc23)CC12CN(C(=O)[C@H]1CC1(C)C)C2)[C@@H](C)OCc1ccccc1. The molecule has 4 atom stereocenters. The number of carbonyl (C=O) groups excluding carboxylic acids is 4. The molecule has 11 nitrogen and oxygen atoms in total. The van der Waals surface area contributed by atoms with Gasteiger partial charge in [-0.2, -0.15) is 5.10 Å². The van der Waals surface area contributed by atoms with E-state index in [1.807, 2.05) is 59.5 Å². The maximum Gasteiger partial charge on any atom is 0.275 e. The number of aromatic amines is 1. The van der Waals surface area contributed by atoms with E-state index in [0.29, 0.717) is 30.7 Å². The van der Waals surface area contributed by atoms with Crippen LogP contribution in [0.4, 0.5) is 0 Å². The van der Waals surface area contributed by atoms with E-state index in [1.165, 1.54) is 7.05 Å². The summed E-state index contributed by atoms with van der Waals surface area (Å²) in [5, 5.41) is 13.5. The van der Waals surface area contributed by atoms with E-state index in [1.54, 1.807) is 11.8 Å². The summed E-state index contributed by atoms with van der Waals surface area (Å²) in [4.78, 5) is 57.5. The van der Waals surface area contributed by atoms with Crippen LogP contribution in [-0.4, -0.2) is 89.0 Å². The zero-order valence-corrected chi connectivity index (χ0v) is 25.6. The van der Waals surface area contributed by atoms with Gasteiger partial charge in [0, 0.05) is 49.9 Å². The molecule has 2 saturated heterocycles. The van der Waals surface area contributed by atoms with Gasteiger partial charge in [0.25, 0.3) is 5.91 Å². The van der Waals surface area contributed by atoms with Crippen molar-refractivity contribution in [2.24, 2.45) is 22.7 Å². The molecular weight excluding hydrogens is 560 g/mol. The molecule has 0 bridgehead atoms. The van der Waals surface area contributed by atoms with E-state index >= 15 is 0 Å². The number of nitrogens with zero attached hydrogens (tertiary/aromatic N) is 3. The first-order chi connectivity index (χ1) is 21.0. The minimum atomic E-state index is -0.946. The topological polar surface area (TPSA) is 137 Å². The molecule has 1 saturated carbocycles. The fourth-order valence-electron chi connectivity index (χ4n) is 6.76. The Labute approximate surface area is 256 Å². The smallest absolute Gasteiger partial charge is 0.275 e. The van der Waals surface area contributed by atoms with Crippen LogP contribution in [0.1, 0.15) is 43.2 Å². The maximum atomic E-state index is 14.0. The summed E-state index contributed by atoms with van der Waals surface area (Å²) in [5.74, 6) is -1.51. The van der Waals surface area contributed by atoms with Crippen LogP contribution in [0.25, 0.3) is 10.9 Å². The lowest BCUT2D eigenvalue weighted by Gasteiger charge is -2.50. The Kier molecular flexibility index (Phi) is 7.69. The number of likely N-dealkylation sites (tertiary alicyclic amines) is 2. The summed E-state index contributed by atoms with van der Waals surface area (Å²) in [5.41, 5.74) is 1.38. The molecule has 1 aromatic heterocycles. The third-order valence-corrected chi connectivity index (χ3v) is 9.71. The highest BCUT2D eigenvalue weighted by Gasteiger charge is 2.62. The van der Waals surface area contributed by atoms with Crippen LogP contribution in [0, 0.1) is 22.7 Å². The zero-order chi connectivity index (χ0) is 31.2. The standard InChI is InChI=1S/C33H40N6O5/c1-20(44-16-21-10-6-5-7-11-21)26(29(41)34-4)35-28(40)24-15-38(31(43)27-22-12-8-9-13-25(22)36-37-27)17-33(24)18-39(19-33)30(42)23-14-32(23,2)3/h5-13,20,23-24,26H,14-19H2,1-4H3,(H,34,41)(H,35,40)(H,36,37)/t20-,23-,24-,26+/m1/s1. The molecular formula is C33H40N6O5. The predicted octanol–water partition coefficient (Wildman–Crippen LogP) is 2.35. The molecule has 3 fully saturated rings. The van der Waals surface area contributed by atoms with Crippen molar-refractivity contribution in [1.29, 1.82) is 0 Å². The number of hydrogen-bond donors (Lipinski definition) is 3. The molecule has 44 heavy (non-hydrogen) atoms. The van der Waals surface area contributed by atoms with E-state index in [9.17, 15) is 19.2 Å². The van der Waals surface area contributed by atoms with Crippen LogP contribution in [0.5, 0.6) is 0 Å². The van der Waals surface area contributed by atoms with E-state index < -0.39 is 23.5 Å². The summed E-state index contributed by atoms with van der Waals surface area (Å²) in [7, 11) is 1.52. The number of carbonyl (C=O) groups is 4. The Morgan fingerprint density at radius 2 is 1.66 bits per heavy atom. The minimum Gasteiger partial charge on any atom is -0.371 e. The van der Waals surface area contributed by atoms with Crippen molar-refractivity contribution in [1.82, 2.24) is 30.6 Å². The van der Waals surface area contributed by atoms with E-state index in [0.717, 1.165) is 17.5 Å². The van der Waals surface area contributed by atoms with Gasteiger partial charge in [0.05, 0.1) is 24.1 Å². The molecule has 0 unspecified atom stereocenters. The molecule has 3 heterocycles. The van der Waals surface area contributed by atoms with Gasteiger partial charge in [-0.05, 0) is 30.4 Å². The van der Waals surface area contributed by atoms with Crippen molar-refractivity contribution in [3.63, 3.8) is 0 Å². The van der Waals surface area contributed by atoms with Crippen LogP contribution in [0.3, 0.4) is 0 Å². The highest BCUT2D eigenvalue weighted by molar-refractivity contribution is 6.05. The quantitative estimate of drug-likeness (QED) is 0.345. The third kappa shape index (κ3) is 5.45. The Morgan fingerprint density at radius 3 is 2.34 bits per heavy atom. The van der Waals surface area contributed by atoms with Crippen LogP contribution in [0.2, 0.25) is 0 Å². The number of para-hydroxylation sites is 1. The van der Waals surface area contributed by atoms with Crippen molar-refractivity contribution in [2.45, 2.75) is 45.9 Å². The molecule has 3 aromatic rings. The lowest BCUT2D eigenvalue weighted by molar-refractivity contribution is -0.152. The van der Waals surface area contributed by atoms with Gasteiger partial charge < -0.3 is 25.2 Å². The second kappa shape index (κ2) is 11.4. The highest BCUT2D eigenvalue weighted by Crippen LogP contribution is 2.54. The number of benzene rings is 2. The number of aromatic nitrogens is 2. The Balaban J connectivity index is 1.21. The first-order valence-electron chi connectivity index (χ1n) is 15.2. The van der Waals surface area contributed by atoms with Gasteiger partial charge >= 0.3 is 0 Å². The predicted molar refractivity (Wildman–Crippen MR) is 163 cm³/mol. The molecule has 2 aromatic carbocycles. The lowest BCUT2D eigenvalue weighted by Crippen LogP contribution is -2.65. The number of rotatable bonds is 9. The Bertz CT molecular complexity index is 1580. The Morgan fingerprint density at radius 1 is 1.00 bits per heavy atom. The summed E-state index contributed by atoms with van der Waals surface area (Å²) < 4.78 is 6.01. The Hall–Kier alpha value is -4.25. The molecule has 3 aliphatic rings. The minimum absolute atomic E-state index is 0.00801. The highest BCUT2D eigenvalue weighted by atomic mass is 16.5. The number of fused-ring (bicyclic) bond motifs is 1. The largest absolute Gasteiger partial charge is 0.371 e. The normalized spacial score (nSPS) is 22.7. The summed E-state index contributed by atoms with van der Waals surface area (Å²) in [6, 6.07) is 16.1. The fraction of sp³-hybridized carbons (Fsp3) is 0.485. The average molecular weight is 601 g/mol.